The fraction of sp³-hybridized carbons (Fsp3) is 0.526. The number of oxime groups is 1. The first-order valence-corrected chi connectivity index (χ1v) is 8.61. The van der Waals surface area contributed by atoms with Crippen molar-refractivity contribution in [3.8, 4) is 0 Å². The van der Waals surface area contributed by atoms with E-state index in [0.717, 1.165) is 0 Å². The average molecular weight is 344 g/mol. The van der Waals surface area contributed by atoms with E-state index in [0.29, 0.717) is 43.6 Å². The van der Waals surface area contributed by atoms with Crippen LogP contribution in [0.1, 0.15) is 50.4 Å². The molecule has 6 nitrogen and oxygen atoms in total. The Bertz CT molecular complexity index is 683. The molecule has 0 bridgehead atoms. The largest absolute Gasteiger partial charge is 0.444 e. The summed E-state index contributed by atoms with van der Waals surface area (Å²) in [5, 5.41) is 4.05. The van der Waals surface area contributed by atoms with Gasteiger partial charge in [-0.3, -0.25) is 4.79 Å². The monoisotopic (exact) mass is 344 g/mol. The van der Waals surface area contributed by atoms with Crippen LogP contribution in [0.3, 0.4) is 0 Å². The van der Waals surface area contributed by atoms with Crippen LogP contribution in [0.4, 0.5) is 4.79 Å². The average Bonchev–Trinajstić information content (AvgIpc) is 2.98. The lowest BCUT2D eigenvalue weighted by molar-refractivity contribution is -0.0639. The molecule has 2 heterocycles. The van der Waals surface area contributed by atoms with Gasteiger partial charge in [0.15, 0.2) is 0 Å². The van der Waals surface area contributed by atoms with Gasteiger partial charge in [0.05, 0.1) is 0 Å². The van der Waals surface area contributed by atoms with Crippen molar-refractivity contribution >= 4 is 17.6 Å². The van der Waals surface area contributed by atoms with Gasteiger partial charge in [0.2, 0.25) is 5.78 Å². The third-order valence-electron chi connectivity index (χ3n) is 4.46. The number of Topliss-reactive ketones (excluding diaryl/α,β-unsaturated/α-hetero) is 1. The fourth-order valence-corrected chi connectivity index (χ4v) is 3.09. The summed E-state index contributed by atoms with van der Waals surface area (Å²) >= 11 is 0. The number of ketones is 1. The number of nitrogens with zero attached hydrogens (tertiary/aromatic N) is 2. The lowest BCUT2D eigenvalue weighted by Gasteiger charge is -2.37. The highest BCUT2D eigenvalue weighted by molar-refractivity contribution is 6.46. The number of benzene rings is 1. The predicted octanol–water partition coefficient (Wildman–Crippen LogP) is 3.42. The molecule has 3 rings (SSSR count). The Hall–Kier alpha value is -2.37. The van der Waals surface area contributed by atoms with Gasteiger partial charge in [0, 0.05) is 37.9 Å². The summed E-state index contributed by atoms with van der Waals surface area (Å²) in [5.74, 6) is -0.0907. The molecule has 1 aromatic rings. The number of carbonyl (C=O) groups is 2. The third-order valence-corrected chi connectivity index (χ3v) is 4.46. The van der Waals surface area contributed by atoms with E-state index >= 15 is 0 Å². The Morgan fingerprint density at radius 3 is 2.40 bits per heavy atom. The molecule has 0 N–H and O–H groups in total. The van der Waals surface area contributed by atoms with Crippen LogP contribution in [-0.4, -0.2) is 46.8 Å². The zero-order chi connectivity index (χ0) is 18.1. The van der Waals surface area contributed by atoms with Crippen molar-refractivity contribution in [1.82, 2.24) is 4.90 Å². The SMILES string of the molecule is CC(C)(C)OC(=O)N1CCC2(CC1)CC(C(=O)c1ccccc1)=NO2. The highest BCUT2D eigenvalue weighted by Crippen LogP contribution is 2.35. The molecule has 0 aromatic heterocycles. The number of likely N-dealkylation sites (tertiary alicyclic amines) is 1. The zero-order valence-corrected chi connectivity index (χ0v) is 14.9. The van der Waals surface area contributed by atoms with E-state index < -0.39 is 11.2 Å². The molecule has 25 heavy (non-hydrogen) atoms. The van der Waals surface area contributed by atoms with E-state index in [2.05, 4.69) is 5.16 Å². The number of hydrogen-bond donors (Lipinski definition) is 0. The minimum Gasteiger partial charge on any atom is -0.444 e. The van der Waals surface area contributed by atoms with Crippen molar-refractivity contribution < 1.29 is 19.2 Å². The van der Waals surface area contributed by atoms with Crippen molar-refractivity contribution in [3.63, 3.8) is 0 Å². The fourth-order valence-electron chi connectivity index (χ4n) is 3.09. The molecule has 1 saturated heterocycles. The van der Waals surface area contributed by atoms with Crippen LogP contribution in [0.25, 0.3) is 0 Å². The Morgan fingerprint density at radius 2 is 1.80 bits per heavy atom. The minimum absolute atomic E-state index is 0.0907. The third kappa shape index (κ3) is 4.00. The van der Waals surface area contributed by atoms with Gasteiger partial charge in [-0.15, -0.1) is 0 Å². The van der Waals surface area contributed by atoms with Crippen molar-refractivity contribution in [1.29, 1.82) is 0 Å². The summed E-state index contributed by atoms with van der Waals surface area (Å²) in [4.78, 5) is 32.0. The zero-order valence-electron chi connectivity index (χ0n) is 14.9. The summed E-state index contributed by atoms with van der Waals surface area (Å²) in [6.45, 7) is 6.64. The number of amides is 1. The second kappa shape index (κ2) is 6.50. The van der Waals surface area contributed by atoms with Gasteiger partial charge in [0.1, 0.15) is 16.9 Å². The first-order valence-electron chi connectivity index (χ1n) is 8.61. The van der Waals surface area contributed by atoms with Crippen molar-refractivity contribution in [2.45, 2.75) is 51.2 Å². The maximum absolute atomic E-state index is 12.5. The lowest BCUT2D eigenvalue weighted by Crippen LogP contribution is -2.48. The molecule has 2 aliphatic heterocycles. The molecule has 0 saturated carbocycles. The van der Waals surface area contributed by atoms with E-state index in [1.54, 1.807) is 17.0 Å². The van der Waals surface area contributed by atoms with E-state index in [1.165, 1.54) is 0 Å². The molecule has 0 unspecified atom stereocenters. The van der Waals surface area contributed by atoms with Crippen LogP contribution in [0.2, 0.25) is 0 Å². The summed E-state index contributed by atoms with van der Waals surface area (Å²) in [5.41, 5.74) is 0.0947. The molecule has 0 aliphatic carbocycles. The summed E-state index contributed by atoms with van der Waals surface area (Å²) in [6, 6.07) is 9.09. The van der Waals surface area contributed by atoms with Crippen molar-refractivity contribution in [2.75, 3.05) is 13.1 Å². The Labute approximate surface area is 147 Å². The van der Waals surface area contributed by atoms with Crippen LogP contribution in [0.15, 0.2) is 35.5 Å². The van der Waals surface area contributed by atoms with Gasteiger partial charge in [-0.05, 0) is 20.8 Å². The number of ether oxygens (including phenoxy) is 1. The van der Waals surface area contributed by atoms with Crippen LogP contribution >= 0.6 is 0 Å². The van der Waals surface area contributed by atoms with Crippen LogP contribution in [0, 0.1) is 0 Å². The molecule has 6 heteroatoms. The molecule has 134 valence electrons. The Balaban J connectivity index is 1.57. The van der Waals surface area contributed by atoms with Crippen molar-refractivity contribution in [3.05, 3.63) is 35.9 Å². The molecule has 0 atom stereocenters. The van der Waals surface area contributed by atoms with E-state index in [1.807, 2.05) is 39.0 Å². The Kier molecular flexibility index (Phi) is 4.54. The molecular formula is C19H24N2O4. The smallest absolute Gasteiger partial charge is 0.410 e. The second-order valence-electron chi connectivity index (χ2n) is 7.65. The summed E-state index contributed by atoms with van der Waals surface area (Å²) < 4.78 is 5.41. The molecule has 2 aliphatic rings. The summed E-state index contributed by atoms with van der Waals surface area (Å²) in [6.07, 6.45) is 1.47. The summed E-state index contributed by atoms with van der Waals surface area (Å²) in [7, 11) is 0. The minimum atomic E-state index is -0.505. The quantitative estimate of drug-likeness (QED) is 0.771. The topological polar surface area (TPSA) is 68.2 Å². The lowest BCUT2D eigenvalue weighted by atomic mass is 9.85. The highest BCUT2D eigenvalue weighted by Gasteiger charge is 2.45. The van der Waals surface area contributed by atoms with E-state index in [9.17, 15) is 9.59 Å². The van der Waals surface area contributed by atoms with Gasteiger partial charge in [0.25, 0.3) is 0 Å². The molecule has 1 fully saturated rings. The molecule has 1 spiro atoms. The Morgan fingerprint density at radius 1 is 1.16 bits per heavy atom. The van der Waals surface area contributed by atoms with Crippen LogP contribution < -0.4 is 0 Å². The van der Waals surface area contributed by atoms with Crippen LogP contribution in [-0.2, 0) is 9.57 Å². The maximum atomic E-state index is 12.5. The van der Waals surface area contributed by atoms with E-state index in [4.69, 9.17) is 9.57 Å². The van der Waals surface area contributed by atoms with Gasteiger partial charge in [-0.25, -0.2) is 4.79 Å². The predicted molar refractivity (Wildman–Crippen MR) is 93.7 cm³/mol. The molecule has 1 amide bonds. The maximum Gasteiger partial charge on any atom is 0.410 e. The standard InChI is InChI=1S/C19H24N2O4/c1-18(2,3)24-17(23)21-11-9-19(10-12-21)13-15(20-25-19)16(22)14-7-5-4-6-8-14/h4-8H,9-13H2,1-3H3. The normalized spacial score (nSPS) is 19.3. The highest BCUT2D eigenvalue weighted by atomic mass is 16.7. The number of piperidine rings is 1. The first-order chi connectivity index (χ1) is 11.8. The molecule has 0 radical (unpaired) electrons. The number of carbonyl (C=O) groups excluding carboxylic acids is 2. The molecular weight excluding hydrogens is 320 g/mol. The van der Waals surface area contributed by atoms with Gasteiger partial charge in [-0.1, -0.05) is 35.5 Å². The number of rotatable bonds is 2. The first kappa shape index (κ1) is 17.5. The molecule has 1 aromatic carbocycles. The van der Waals surface area contributed by atoms with Crippen LogP contribution in [0.5, 0.6) is 0 Å². The van der Waals surface area contributed by atoms with E-state index in [-0.39, 0.29) is 11.9 Å². The van der Waals surface area contributed by atoms with Gasteiger partial charge >= 0.3 is 6.09 Å². The van der Waals surface area contributed by atoms with Gasteiger partial charge in [-0.2, -0.15) is 0 Å². The second-order valence-corrected chi connectivity index (χ2v) is 7.65. The van der Waals surface area contributed by atoms with Crippen molar-refractivity contribution in [2.24, 2.45) is 5.16 Å². The number of hydrogen-bond acceptors (Lipinski definition) is 5. The van der Waals surface area contributed by atoms with Gasteiger partial charge < -0.3 is 14.5 Å².